The zero-order valence-corrected chi connectivity index (χ0v) is 17.4. The van der Waals surface area contributed by atoms with E-state index in [0.29, 0.717) is 17.2 Å². The Morgan fingerprint density at radius 1 is 0.903 bits per heavy atom. The van der Waals surface area contributed by atoms with Crippen LogP contribution in [0.1, 0.15) is 5.56 Å². The van der Waals surface area contributed by atoms with E-state index < -0.39 is 10.0 Å². The molecule has 0 bridgehead atoms. The largest absolute Gasteiger partial charge is 0.453 e. The third kappa shape index (κ3) is 4.80. The highest BCUT2D eigenvalue weighted by Gasteiger charge is 2.19. The maximum atomic E-state index is 12.6. The van der Waals surface area contributed by atoms with Crippen molar-refractivity contribution in [1.29, 1.82) is 5.26 Å². The van der Waals surface area contributed by atoms with Crippen LogP contribution in [0.5, 0.6) is 23.0 Å². The van der Waals surface area contributed by atoms with E-state index in [0.717, 1.165) is 11.5 Å². The van der Waals surface area contributed by atoms with Crippen LogP contribution in [0.2, 0.25) is 0 Å². The van der Waals surface area contributed by atoms with Crippen molar-refractivity contribution in [2.24, 2.45) is 0 Å². The first-order valence-corrected chi connectivity index (χ1v) is 11.1. The van der Waals surface area contributed by atoms with Crippen molar-refractivity contribution >= 4 is 26.7 Å². The second kappa shape index (κ2) is 8.83. The number of aromatic nitrogens is 2. The summed E-state index contributed by atoms with van der Waals surface area (Å²) in [5, 5.41) is 9.68. The van der Waals surface area contributed by atoms with Gasteiger partial charge in [-0.3, -0.25) is 4.72 Å². The Hall–Kier alpha value is -3.94. The van der Waals surface area contributed by atoms with Crippen LogP contribution < -0.4 is 14.2 Å². The molecular weight excluding hydrogens is 436 g/mol. The van der Waals surface area contributed by atoms with Crippen molar-refractivity contribution in [3.05, 3.63) is 84.7 Å². The fourth-order valence-corrected chi connectivity index (χ4v) is 4.28. The number of nitrogens with one attached hydrogen (secondary N) is 1. The maximum Gasteiger partial charge on any atom is 0.263 e. The lowest BCUT2D eigenvalue weighted by molar-refractivity contribution is 0.418. The van der Waals surface area contributed by atoms with Crippen LogP contribution in [0.25, 0.3) is 0 Å². The number of benzene rings is 3. The minimum absolute atomic E-state index is 0.0506. The van der Waals surface area contributed by atoms with Crippen LogP contribution in [0.15, 0.2) is 84.0 Å². The Bertz CT molecular complexity index is 1340. The van der Waals surface area contributed by atoms with Crippen molar-refractivity contribution in [2.45, 2.75) is 4.90 Å². The zero-order chi connectivity index (χ0) is 21.7. The minimum Gasteiger partial charge on any atom is -0.453 e. The van der Waals surface area contributed by atoms with Crippen LogP contribution in [-0.2, 0) is 10.0 Å². The summed E-state index contributed by atoms with van der Waals surface area (Å²) in [6.45, 7) is 0. The minimum atomic E-state index is -3.93. The summed E-state index contributed by atoms with van der Waals surface area (Å²) in [5.41, 5.74) is 0.0506. The predicted molar refractivity (Wildman–Crippen MR) is 115 cm³/mol. The first-order chi connectivity index (χ1) is 15.0. The van der Waals surface area contributed by atoms with Crippen molar-refractivity contribution in [3.63, 3.8) is 0 Å². The number of nitrogens with zero attached hydrogens (tertiary/aromatic N) is 3. The number of ether oxygens (including phenoxy) is 2. The van der Waals surface area contributed by atoms with Gasteiger partial charge in [0.1, 0.15) is 23.9 Å². The Balaban J connectivity index is 1.61. The molecule has 0 saturated carbocycles. The molecule has 0 spiro atoms. The highest BCUT2D eigenvalue weighted by molar-refractivity contribution is 7.93. The quantitative estimate of drug-likeness (QED) is 0.430. The fourth-order valence-electron chi connectivity index (χ4n) is 2.60. The summed E-state index contributed by atoms with van der Waals surface area (Å²) in [6, 6.07) is 22.2. The van der Waals surface area contributed by atoms with Gasteiger partial charge in [-0.05, 0) is 42.5 Å². The molecule has 0 aliphatic rings. The standard InChI is InChI=1S/C21H14N4O4S2/c22-13-15-12-17(31(26,27)25-21-23-14-24-30-21)10-11-18(15)29-20-9-5-4-8-19(20)28-16-6-2-1-3-7-16/h1-12,14H,(H,23,24,25). The molecule has 1 N–H and O–H groups in total. The van der Waals surface area contributed by atoms with Crippen molar-refractivity contribution in [3.8, 4) is 29.1 Å². The Labute approximate surface area is 182 Å². The van der Waals surface area contributed by atoms with Crippen LogP contribution in [0.4, 0.5) is 5.13 Å². The van der Waals surface area contributed by atoms with Crippen molar-refractivity contribution in [1.82, 2.24) is 9.36 Å². The van der Waals surface area contributed by atoms with Gasteiger partial charge in [0.05, 0.1) is 10.5 Å². The van der Waals surface area contributed by atoms with Gasteiger partial charge in [-0.2, -0.15) is 9.64 Å². The summed E-state index contributed by atoms with van der Waals surface area (Å²) >= 11 is 0.907. The van der Waals surface area contributed by atoms with E-state index in [1.807, 2.05) is 36.4 Å². The average Bonchev–Trinajstić information content (AvgIpc) is 3.28. The average molecular weight is 451 g/mol. The van der Waals surface area contributed by atoms with Gasteiger partial charge in [-0.1, -0.05) is 30.3 Å². The summed E-state index contributed by atoms with van der Waals surface area (Å²) < 4.78 is 42.9. The molecule has 31 heavy (non-hydrogen) atoms. The first kappa shape index (κ1) is 20.3. The molecular formula is C21H14N4O4S2. The number of para-hydroxylation sites is 3. The molecule has 1 aromatic heterocycles. The van der Waals surface area contributed by atoms with E-state index in [-0.39, 0.29) is 21.3 Å². The van der Waals surface area contributed by atoms with Gasteiger partial charge in [-0.25, -0.2) is 13.4 Å². The van der Waals surface area contributed by atoms with E-state index in [1.165, 1.54) is 24.5 Å². The third-order valence-corrected chi connectivity index (χ3v) is 6.05. The summed E-state index contributed by atoms with van der Waals surface area (Å²) in [5.74, 6) is 1.65. The molecule has 0 unspecified atom stereocenters. The molecule has 0 aliphatic heterocycles. The SMILES string of the molecule is N#Cc1cc(S(=O)(=O)Nc2ncns2)ccc1Oc1ccccc1Oc1ccccc1. The number of nitriles is 1. The molecule has 10 heteroatoms. The van der Waals surface area contributed by atoms with Crippen LogP contribution >= 0.6 is 11.5 Å². The molecule has 4 rings (SSSR count). The number of anilines is 1. The molecule has 0 radical (unpaired) electrons. The highest BCUT2D eigenvalue weighted by atomic mass is 32.2. The topological polar surface area (TPSA) is 114 Å². The molecule has 154 valence electrons. The maximum absolute atomic E-state index is 12.6. The first-order valence-electron chi connectivity index (χ1n) is 8.88. The third-order valence-electron chi connectivity index (χ3n) is 4.00. The Morgan fingerprint density at radius 3 is 2.29 bits per heavy atom. The smallest absolute Gasteiger partial charge is 0.263 e. The molecule has 0 atom stereocenters. The van der Waals surface area contributed by atoms with E-state index in [1.54, 1.807) is 24.3 Å². The Morgan fingerprint density at radius 2 is 1.61 bits per heavy atom. The van der Waals surface area contributed by atoms with Gasteiger partial charge < -0.3 is 9.47 Å². The van der Waals surface area contributed by atoms with Crippen molar-refractivity contribution < 1.29 is 17.9 Å². The number of rotatable bonds is 7. The predicted octanol–water partition coefficient (Wildman–Crippen LogP) is 4.80. The van der Waals surface area contributed by atoms with Crippen molar-refractivity contribution in [2.75, 3.05) is 4.72 Å². The lowest BCUT2D eigenvalue weighted by atomic mass is 10.2. The van der Waals surface area contributed by atoms with Crippen LogP contribution in [-0.4, -0.2) is 17.8 Å². The molecule has 1 heterocycles. The van der Waals surface area contributed by atoms with Gasteiger partial charge in [0, 0.05) is 11.5 Å². The molecule has 3 aromatic carbocycles. The van der Waals surface area contributed by atoms with E-state index >= 15 is 0 Å². The summed E-state index contributed by atoms with van der Waals surface area (Å²) in [7, 11) is -3.93. The number of hydrogen-bond acceptors (Lipinski definition) is 8. The zero-order valence-electron chi connectivity index (χ0n) is 15.8. The molecule has 0 aliphatic carbocycles. The van der Waals surface area contributed by atoms with Gasteiger partial charge in [-0.15, -0.1) is 0 Å². The number of hydrogen-bond donors (Lipinski definition) is 1. The monoisotopic (exact) mass is 450 g/mol. The van der Waals surface area contributed by atoms with E-state index in [2.05, 4.69) is 14.1 Å². The van der Waals surface area contributed by atoms with Crippen LogP contribution in [0.3, 0.4) is 0 Å². The van der Waals surface area contributed by atoms with E-state index in [4.69, 9.17) is 9.47 Å². The second-order valence-corrected chi connectivity index (χ2v) is 8.55. The molecule has 4 aromatic rings. The van der Waals surface area contributed by atoms with E-state index in [9.17, 15) is 13.7 Å². The fraction of sp³-hybridized carbons (Fsp3) is 0. The second-order valence-electron chi connectivity index (χ2n) is 6.09. The van der Waals surface area contributed by atoms with Gasteiger partial charge in [0.15, 0.2) is 11.5 Å². The molecule has 0 fully saturated rings. The molecule has 0 saturated heterocycles. The number of sulfonamides is 1. The van der Waals surface area contributed by atoms with Gasteiger partial charge in [0.2, 0.25) is 5.13 Å². The molecule has 8 nitrogen and oxygen atoms in total. The van der Waals surface area contributed by atoms with Crippen LogP contribution in [0, 0.1) is 11.3 Å². The highest BCUT2D eigenvalue weighted by Crippen LogP contribution is 2.36. The normalized spacial score (nSPS) is 10.8. The lowest BCUT2D eigenvalue weighted by Crippen LogP contribution is -2.13. The summed E-state index contributed by atoms with van der Waals surface area (Å²) in [4.78, 5) is 3.70. The van der Waals surface area contributed by atoms with Gasteiger partial charge in [0.25, 0.3) is 10.0 Å². The summed E-state index contributed by atoms with van der Waals surface area (Å²) in [6.07, 6.45) is 1.25. The van der Waals surface area contributed by atoms with Gasteiger partial charge >= 0.3 is 0 Å². The Kier molecular flexibility index (Phi) is 5.79. The lowest BCUT2D eigenvalue weighted by Gasteiger charge is -2.13. The molecule has 0 amide bonds.